The Labute approximate surface area is 134 Å². The Hall–Kier alpha value is -2.28. The van der Waals surface area contributed by atoms with Crippen LogP contribution in [0.3, 0.4) is 0 Å². The van der Waals surface area contributed by atoms with Crippen molar-refractivity contribution in [1.29, 1.82) is 0 Å². The monoisotopic (exact) mass is 316 g/mol. The summed E-state index contributed by atoms with van der Waals surface area (Å²) in [7, 11) is 0. The van der Waals surface area contributed by atoms with Crippen LogP contribution in [0.1, 0.15) is 52.1 Å². The van der Waals surface area contributed by atoms with E-state index in [4.69, 9.17) is 9.26 Å². The first-order chi connectivity index (χ1) is 11.1. The fourth-order valence-corrected chi connectivity index (χ4v) is 2.72. The molecule has 7 heteroatoms. The number of hydrogen-bond acceptors (Lipinski definition) is 6. The molecular weight excluding hydrogens is 296 g/mol. The SMILES string of the molecule is Cc1noc(C)c1C(=O)NCc1ccnc(C2CCCOC2)n1. The molecule has 1 unspecified atom stereocenters. The highest BCUT2D eigenvalue weighted by Crippen LogP contribution is 2.22. The quantitative estimate of drug-likeness (QED) is 0.926. The van der Waals surface area contributed by atoms with Crippen LogP contribution in [0.5, 0.6) is 0 Å². The molecule has 1 aliphatic rings. The Kier molecular flexibility index (Phi) is 4.66. The number of carbonyl (C=O) groups is 1. The van der Waals surface area contributed by atoms with Crippen molar-refractivity contribution in [3.05, 3.63) is 40.8 Å². The number of rotatable bonds is 4. The van der Waals surface area contributed by atoms with Crippen molar-refractivity contribution < 1.29 is 14.1 Å². The standard InChI is InChI=1S/C16H20N4O3/c1-10-14(11(2)23-20-10)16(21)18-8-13-5-6-17-15(19-13)12-4-3-7-22-9-12/h5-6,12H,3-4,7-9H2,1-2H3,(H,18,21). The average Bonchev–Trinajstić information content (AvgIpc) is 2.92. The zero-order valence-electron chi connectivity index (χ0n) is 13.3. The molecule has 0 spiro atoms. The van der Waals surface area contributed by atoms with E-state index in [9.17, 15) is 4.79 Å². The van der Waals surface area contributed by atoms with E-state index in [-0.39, 0.29) is 11.8 Å². The summed E-state index contributed by atoms with van der Waals surface area (Å²) in [4.78, 5) is 21.1. The topological polar surface area (TPSA) is 90.1 Å². The third-order valence-corrected chi connectivity index (χ3v) is 3.95. The first-order valence-electron chi connectivity index (χ1n) is 7.76. The van der Waals surface area contributed by atoms with Gasteiger partial charge in [-0.2, -0.15) is 0 Å². The van der Waals surface area contributed by atoms with Gasteiger partial charge in [-0.15, -0.1) is 0 Å². The number of nitrogens with zero attached hydrogens (tertiary/aromatic N) is 3. The highest BCUT2D eigenvalue weighted by molar-refractivity contribution is 5.95. The van der Waals surface area contributed by atoms with Crippen molar-refractivity contribution in [2.24, 2.45) is 0 Å². The summed E-state index contributed by atoms with van der Waals surface area (Å²) < 4.78 is 10.5. The molecule has 1 fully saturated rings. The minimum Gasteiger partial charge on any atom is -0.381 e. The lowest BCUT2D eigenvalue weighted by Gasteiger charge is -2.20. The minimum atomic E-state index is -0.206. The molecule has 1 aliphatic heterocycles. The molecule has 23 heavy (non-hydrogen) atoms. The lowest BCUT2D eigenvalue weighted by molar-refractivity contribution is 0.0779. The largest absolute Gasteiger partial charge is 0.381 e. The first-order valence-corrected chi connectivity index (χ1v) is 7.76. The van der Waals surface area contributed by atoms with Crippen molar-refractivity contribution in [2.75, 3.05) is 13.2 Å². The van der Waals surface area contributed by atoms with Gasteiger partial charge in [0.1, 0.15) is 17.1 Å². The molecule has 3 rings (SSSR count). The molecular formula is C16H20N4O3. The normalized spacial score (nSPS) is 17.9. The van der Waals surface area contributed by atoms with Gasteiger partial charge in [-0.05, 0) is 32.8 Å². The summed E-state index contributed by atoms with van der Waals surface area (Å²) in [6.07, 6.45) is 3.80. The lowest BCUT2D eigenvalue weighted by atomic mass is 10.0. The van der Waals surface area contributed by atoms with Gasteiger partial charge in [0.05, 0.1) is 24.5 Å². The molecule has 0 aromatic carbocycles. The minimum absolute atomic E-state index is 0.206. The van der Waals surface area contributed by atoms with Gasteiger partial charge < -0.3 is 14.6 Å². The number of aryl methyl sites for hydroxylation is 2. The molecule has 0 bridgehead atoms. The maximum Gasteiger partial charge on any atom is 0.257 e. The van der Waals surface area contributed by atoms with Crippen LogP contribution in [-0.2, 0) is 11.3 Å². The second-order valence-corrected chi connectivity index (χ2v) is 5.70. The van der Waals surface area contributed by atoms with E-state index in [1.165, 1.54) is 0 Å². The van der Waals surface area contributed by atoms with Crippen molar-refractivity contribution in [3.63, 3.8) is 0 Å². The zero-order chi connectivity index (χ0) is 16.2. The number of aromatic nitrogens is 3. The van der Waals surface area contributed by atoms with E-state index >= 15 is 0 Å². The van der Waals surface area contributed by atoms with Gasteiger partial charge in [-0.1, -0.05) is 5.16 Å². The molecule has 1 amide bonds. The zero-order valence-corrected chi connectivity index (χ0v) is 13.3. The Morgan fingerprint density at radius 1 is 1.43 bits per heavy atom. The summed E-state index contributed by atoms with van der Waals surface area (Å²) in [6, 6.07) is 1.81. The molecule has 1 saturated heterocycles. The predicted octanol–water partition coefficient (Wildman–Crippen LogP) is 1.91. The lowest BCUT2D eigenvalue weighted by Crippen LogP contribution is -2.25. The molecule has 7 nitrogen and oxygen atoms in total. The van der Waals surface area contributed by atoms with Crippen LogP contribution in [0, 0.1) is 13.8 Å². The van der Waals surface area contributed by atoms with Crippen LogP contribution in [0.4, 0.5) is 0 Å². The number of ether oxygens (including phenoxy) is 1. The summed E-state index contributed by atoms with van der Waals surface area (Å²) in [5.41, 5.74) is 1.85. The van der Waals surface area contributed by atoms with Crippen LogP contribution in [0.2, 0.25) is 0 Å². The molecule has 3 heterocycles. The van der Waals surface area contributed by atoms with Gasteiger partial charge in [-0.3, -0.25) is 4.79 Å². The summed E-state index contributed by atoms with van der Waals surface area (Å²) in [5.74, 6) is 1.33. The molecule has 1 atom stereocenters. The number of nitrogens with one attached hydrogen (secondary N) is 1. The van der Waals surface area contributed by atoms with Crippen LogP contribution in [0.15, 0.2) is 16.8 Å². The van der Waals surface area contributed by atoms with E-state index in [0.29, 0.717) is 30.2 Å². The third-order valence-electron chi connectivity index (χ3n) is 3.95. The highest BCUT2D eigenvalue weighted by atomic mass is 16.5. The maximum absolute atomic E-state index is 12.2. The van der Waals surface area contributed by atoms with E-state index in [0.717, 1.165) is 31.0 Å². The second-order valence-electron chi connectivity index (χ2n) is 5.70. The summed E-state index contributed by atoms with van der Waals surface area (Å²) >= 11 is 0. The van der Waals surface area contributed by atoms with Crippen molar-refractivity contribution in [3.8, 4) is 0 Å². The van der Waals surface area contributed by atoms with Gasteiger partial charge in [0.15, 0.2) is 0 Å². The van der Waals surface area contributed by atoms with E-state index < -0.39 is 0 Å². The molecule has 2 aromatic heterocycles. The smallest absolute Gasteiger partial charge is 0.257 e. The van der Waals surface area contributed by atoms with Gasteiger partial charge in [0, 0.05) is 18.7 Å². The number of hydrogen-bond donors (Lipinski definition) is 1. The second kappa shape index (κ2) is 6.87. The van der Waals surface area contributed by atoms with Crippen LogP contribution >= 0.6 is 0 Å². The number of carbonyl (C=O) groups excluding carboxylic acids is 1. The fraction of sp³-hybridized carbons (Fsp3) is 0.500. The van der Waals surface area contributed by atoms with E-state index in [1.54, 1.807) is 26.1 Å². The Balaban J connectivity index is 1.65. The van der Waals surface area contributed by atoms with Crippen molar-refractivity contribution in [1.82, 2.24) is 20.4 Å². The highest BCUT2D eigenvalue weighted by Gasteiger charge is 2.20. The average molecular weight is 316 g/mol. The van der Waals surface area contributed by atoms with Crippen molar-refractivity contribution >= 4 is 5.91 Å². The van der Waals surface area contributed by atoms with E-state index in [2.05, 4.69) is 20.4 Å². The van der Waals surface area contributed by atoms with Crippen LogP contribution in [0.25, 0.3) is 0 Å². The Bertz CT molecular complexity index is 673. The molecule has 1 N–H and O–H groups in total. The first kappa shape index (κ1) is 15.6. The van der Waals surface area contributed by atoms with Crippen molar-refractivity contribution in [2.45, 2.75) is 39.2 Å². The Morgan fingerprint density at radius 2 is 2.30 bits per heavy atom. The Morgan fingerprint density at radius 3 is 3.00 bits per heavy atom. The van der Waals surface area contributed by atoms with Gasteiger partial charge in [0.2, 0.25) is 0 Å². The molecule has 122 valence electrons. The number of amides is 1. The molecule has 0 radical (unpaired) electrons. The summed E-state index contributed by atoms with van der Waals surface area (Å²) in [5, 5.41) is 6.64. The summed E-state index contributed by atoms with van der Waals surface area (Å²) in [6.45, 7) is 5.28. The van der Waals surface area contributed by atoms with Gasteiger partial charge >= 0.3 is 0 Å². The maximum atomic E-state index is 12.2. The molecule has 2 aromatic rings. The molecule has 0 saturated carbocycles. The fourth-order valence-electron chi connectivity index (χ4n) is 2.72. The van der Waals surface area contributed by atoms with Gasteiger partial charge in [0.25, 0.3) is 5.91 Å². The third kappa shape index (κ3) is 3.56. The molecule has 0 aliphatic carbocycles. The van der Waals surface area contributed by atoms with E-state index in [1.807, 2.05) is 0 Å². The van der Waals surface area contributed by atoms with Gasteiger partial charge in [-0.25, -0.2) is 9.97 Å². The predicted molar refractivity (Wildman–Crippen MR) is 82.0 cm³/mol. The van der Waals surface area contributed by atoms with Crippen LogP contribution in [-0.4, -0.2) is 34.2 Å². The van der Waals surface area contributed by atoms with Crippen LogP contribution < -0.4 is 5.32 Å².